The Morgan fingerprint density at radius 2 is 1.69 bits per heavy atom. The van der Waals surface area contributed by atoms with Gasteiger partial charge in [-0.1, -0.05) is 36.4 Å². The van der Waals surface area contributed by atoms with Gasteiger partial charge in [0.05, 0.1) is 11.1 Å². The van der Waals surface area contributed by atoms with E-state index in [9.17, 15) is 26.4 Å². The largest absolute Gasteiger partial charge is 0.416 e. The maximum atomic E-state index is 12.9. The molecule has 0 spiro atoms. The lowest BCUT2D eigenvalue weighted by Crippen LogP contribution is -2.24. The van der Waals surface area contributed by atoms with Gasteiger partial charge in [0, 0.05) is 6.54 Å². The van der Waals surface area contributed by atoms with Gasteiger partial charge < -0.3 is 9.50 Å². The minimum absolute atomic E-state index is 0.0170. The van der Waals surface area contributed by atoms with E-state index in [4.69, 9.17) is 4.18 Å². The molecule has 0 unspecified atom stereocenters. The van der Waals surface area contributed by atoms with Crippen molar-refractivity contribution in [3.63, 3.8) is 0 Å². The van der Waals surface area contributed by atoms with Crippen molar-refractivity contribution in [3.8, 4) is 5.75 Å². The third-order valence-corrected chi connectivity index (χ3v) is 6.03. The lowest BCUT2D eigenvalue weighted by molar-refractivity contribution is -0.137. The van der Waals surface area contributed by atoms with Gasteiger partial charge in [0.2, 0.25) is 0 Å². The Balaban J connectivity index is 1.81. The number of carbonyl (C=O) groups is 1. The molecule has 5 nitrogen and oxygen atoms in total. The zero-order valence-electron chi connectivity index (χ0n) is 17.2. The first-order valence-corrected chi connectivity index (χ1v) is 10.9. The number of benzene rings is 3. The summed E-state index contributed by atoms with van der Waals surface area (Å²) in [6, 6.07) is 15.2. The summed E-state index contributed by atoms with van der Waals surface area (Å²) in [5.74, 6) is -0.871. The second-order valence-corrected chi connectivity index (χ2v) is 8.70. The molecule has 9 heteroatoms. The fourth-order valence-corrected chi connectivity index (χ4v) is 4.27. The first-order valence-electron chi connectivity index (χ1n) is 9.52. The summed E-state index contributed by atoms with van der Waals surface area (Å²) < 4.78 is 69.5. The van der Waals surface area contributed by atoms with Gasteiger partial charge in [0.25, 0.3) is 5.91 Å². The molecule has 0 bridgehead atoms. The minimum atomic E-state index is -4.50. The molecule has 0 saturated carbocycles. The predicted octanol–water partition coefficient (Wildman–Crippen LogP) is 5.02. The number of alkyl halides is 3. The van der Waals surface area contributed by atoms with Crippen LogP contribution in [-0.4, -0.2) is 14.3 Å². The highest BCUT2D eigenvalue weighted by molar-refractivity contribution is 7.87. The molecule has 0 aliphatic rings. The van der Waals surface area contributed by atoms with E-state index in [-0.39, 0.29) is 28.3 Å². The van der Waals surface area contributed by atoms with Crippen molar-refractivity contribution in [1.82, 2.24) is 5.32 Å². The van der Waals surface area contributed by atoms with Gasteiger partial charge in [-0.3, -0.25) is 4.79 Å². The van der Waals surface area contributed by atoms with Crippen molar-refractivity contribution >= 4 is 16.0 Å². The molecule has 0 radical (unpaired) electrons. The van der Waals surface area contributed by atoms with Crippen molar-refractivity contribution in [3.05, 3.63) is 94.5 Å². The lowest BCUT2D eigenvalue weighted by atomic mass is 10.1. The molecule has 0 fully saturated rings. The highest BCUT2D eigenvalue weighted by atomic mass is 32.2. The summed E-state index contributed by atoms with van der Waals surface area (Å²) in [5, 5.41) is 2.50. The van der Waals surface area contributed by atoms with Crippen molar-refractivity contribution in [1.29, 1.82) is 0 Å². The van der Waals surface area contributed by atoms with Gasteiger partial charge in [-0.25, -0.2) is 0 Å². The quantitative estimate of drug-likeness (QED) is 0.521. The van der Waals surface area contributed by atoms with E-state index in [2.05, 4.69) is 5.32 Å². The Hall–Kier alpha value is -3.33. The molecule has 168 valence electrons. The molecule has 1 N–H and O–H groups in total. The Morgan fingerprint density at radius 1 is 0.969 bits per heavy atom. The average molecular weight is 463 g/mol. The Bertz CT molecular complexity index is 1250. The van der Waals surface area contributed by atoms with E-state index in [0.717, 1.165) is 17.7 Å². The summed E-state index contributed by atoms with van der Waals surface area (Å²) in [7, 11) is -4.22. The highest BCUT2D eigenvalue weighted by Crippen LogP contribution is 2.30. The maximum absolute atomic E-state index is 12.9. The number of carbonyl (C=O) groups excluding carboxylic acids is 1. The molecule has 0 aromatic heterocycles. The fraction of sp³-hybridized carbons (Fsp3) is 0.174. The molecular formula is C23H20F3NO4S. The van der Waals surface area contributed by atoms with E-state index < -0.39 is 27.8 Å². The molecule has 32 heavy (non-hydrogen) atoms. The smallest absolute Gasteiger partial charge is 0.378 e. The second kappa shape index (κ2) is 9.04. The zero-order valence-corrected chi connectivity index (χ0v) is 18.0. The fourth-order valence-electron chi connectivity index (χ4n) is 3.00. The standard InChI is InChI=1S/C23H20F3NO4S/c1-15-10-11-16(2)21(12-15)32(29,30)31-20-9-4-3-8-19(20)22(28)27-14-17-6-5-7-18(13-17)23(24,25)26/h3-13H,14H2,1-2H3,(H,27,28). The minimum Gasteiger partial charge on any atom is -0.378 e. The van der Waals surface area contributed by atoms with E-state index in [1.54, 1.807) is 26.0 Å². The Morgan fingerprint density at radius 3 is 2.41 bits per heavy atom. The number of amides is 1. The third-order valence-electron chi connectivity index (χ3n) is 4.65. The summed E-state index contributed by atoms with van der Waals surface area (Å²) in [4.78, 5) is 12.6. The highest BCUT2D eigenvalue weighted by Gasteiger charge is 2.30. The molecule has 1 amide bonds. The topological polar surface area (TPSA) is 72.5 Å². The van der Waals surface area contributed by atoms with Gasteiger partial charge in [-0.05, 0) is 60.9 Å². The van der Waals surface area contributed by atoms with Crippen LogP contribution in [0.5, 0.6) is 5.75 Å². The first-order chi connectivity index (χ1) is 15.0. The van der Waals surface area contributed by atoms with Crippen LogP contribution < -0.4 is 9.50 Å². The van der Waals surface area contributed by atoms with E-state index in [0.29, 0.717) is 5.56 Å². The average Bonchev–Trinajstić information content (AvgIpc) is 2.73. The number of nitrogens with one attached hydrogen (secondary N) is 1. The van der Waals surface area contributed by atoms with Gasteiger partial charge in [-0.2, -0.15) is 21.6 Å². The van der Waals surface area contributed by atoms with Crippen LogP contribution >= 0.6 is 0 Å². The SMILES string of the molecule is Cc1ccc(C)c(S(=O)(=O)Oc2ccccc2C(=O)NCc2cccc(C(F)(F)F)c2)c1. The first kappa shape index (κ1) is 23.3. The van der Waals surface area contributed by atoms with E-state index in [1.165, 1.54) is 42.5 Å². The maximum Gasteiger partial charge on any atom is 0.416 e. The molecule has 3 aromatic carbocycles. The van der Waals surface area contributed by atoms with E-state index >= 15 is 0 Å². The van der Waals surface area contributed by atoms with Crippen LogP contribution in [0.2, 0.25) is 0 Å². The van der Waals surface area contributed by atoms with Crippen LogP contribution in [0.15, 0.2) is 71.6 Å². The van der Waals surface area contributed by atoms with Crippen molar-refractivity contribution in [2.45, 2.75) is 31.5 Å². The van der Waals surface area contributed by atoms with Crippen LogP contribution in [0, 0.1) is 13.8 Å². The number of aryl methyl sites for hydroxylation is 2. The molecule has 0 heterocycles. The third kappa shape index (κ3) is 5.47. The Kier molecular flexibility index (Phi) is 6.59. The van der Waals surface area contributed by atoms with Gasteiger partial charge in [0.15, 0.2) is 5.75 Å². The van der Waals surface area contributed by atoms with Crippen LogP contribution in [0.4, 0.5) is 13.2 Å². The normalized spacial score (nSPS) is 11.8. The monoisotopic (exact) mass is 463 g/mol. The van der Waals surface area contributed by atoms with Crippen LogP contribution in [0.3, 0.4) is 0 Å². The van der Waals surface area contributed by atoms with Gasteiger partial charge in [-0.15, -0.1) is 0 Å². The predicted molar refractivity (Wildman–Crippen MR) is 113 cm³/mol. The second-order valence-electron chi connectivity index (χ2n) is 7.18. The number of halogens is 3. The number of para-hydroxylation sites is 1. The van der Waals surface area contributed by atoms with Crippen molar-refractivity contribution in [2.24, 2.45) is 0 Å². The van der Waals surface area contributed by atoms with Crippen molar-refractivity contribution < 1.29 is 30.6 Å². The summed E-state index contributed by atoms with van der Waals surface area (Å²) in [6.45, 7) is 3.19. The summed E-state index contributed by atoms with van der Waals surface area (Å²) in [6.07, 6.45) is -4.50. The summed E-state index contributed by atoms with van der Waals surface area (Å²) in [5.41, 5.74) is 0.572. The number of hydrogen-bond donors (Lipinski definition) is 1. The lowest BCUT2D eigenvalue weighted by Gasteiger charge is -2.14. The van der Waals surface area contributed by atoms with E-state index in [1.807, 2.05) is 0 Å². The molecule has 0 aliphatic carbocycles. The molecule has 0 atom stereocenters. The molecular weight excluding hydrogens is 443 g/mol. The van der Waals surface area contributed by atoms with Gasteiger partial charge in [0.1, 0.15) is 4.90 Å². The number of rotatable bonds is 6. The molecule has 3 rings (SSSR count). The van der Waals surface area contributed by atoms with Crippen LogP contribution in [-0.2, 0) is 22.8 Å². The molecule has 0 saturated heterocycles. The Labute approximate surface area is 184 Å². The summed E-state index contributed by atoms with van der Waals surface area (Å²) >= 11 is 0. The number of hydrogen-bond acceptors (Lipinski definition) is 4. The van der Waals surface area contributed by atoms with Crippen LogP contribution in [0.25, 0.3) is 0 Å². The van der Waals surface area contributed by atoms with Crippen molar-refractivity contribution in [2.75, 3.05) is 0 Å². The zero-order chi connectivity index (χ0) is 23.5. The molecule has 0 aliphatic heterocycles. The molecule has 3 aromatic rings. The van der Waals surface area contributed by atoms with Crippen LogP contribution in [0.1, 0.15) is 32.6 Å². The van der Waals surface area contributed by atoms with Gasteiger partial charge >= 0.3 is 16.3 Å².